The van der Waals surface area contributed by atoms with Crippen molar-refractivity contribution in [2.45, 2.75) is 39.2 Å². The molecular formula is C18H24O3. The quantitative estimate of drug-likeness (QED) is 0.839. The summed E-state index contributed by atoms with van der Waals surface area (Å²) in [4.78, 5) is 0. The zero-order valence-corrected chi connectivity index (χ0v) is 12.8. The zero-order chi connectivity index (χ0) is 14.8. The van der Waals surface area contributed by atoms with Gasteiger partial charge in [-0.1, -0.05) is 24.6 Å². The predicted octanol–water partition coefficient (Wildman–Crippen LogP) is 3.87. The molecule has 1 aliphatic carbocycles. The van der Waals surface area contributed by atoms with Crippen LogP contribution in [0.4, 0.5) is 0 Å². The minimum Gasteiger partial charge on any atom is -0.490 e. The number of fused-ring (bicyclic) bond motifs is 1. The first kappa shape index (κ1) is 14.5. The van der Waals surface area contributed by atoms with Crippen LogP contribution in [0.25, 0.3) is 0 Å². The number of hydrogen-bond donors (Lipinski definition) is 1. The van der Waals surface area contributed by atoms with Gasteiger partial charge < -0.3 is 14.6 Å². The highest BCUT2D eigenvalue weighted by atomic mass is 16.5. The van der Waals surface area contributed by atoms with Crippen molar-refractivity contribution in [3.8, 4) is 11.5 Å². The number of ether oxygens (including phenoxy) is 2. The molecule has 3 nitrogen and oxygen atoms in total. The Labute approximate surface area is 126 Å². The SMILES string of the molecule is CC1=CC(C)CC(C(O)c2ccc3c(c2)OCCCO3)C1. The van der Waals surface area contributed by atoms with Gasteiger partial charge in [0.1, 0.15) is 0 Å². The van der Waals surface area contributed by atoms with Gasteiger partial charge >= 0.3 is 0 Å². The van der Waals surface area contributed by atoms with Crippen molar-refractivity contribution in [1.82, 2.24) is 0 Å². The largest absolute Gasteiger partial charge is 0.490 e. The number of rotatable bonds is 2. The molecule has 1 N–H and O–H groups in total. The normalized spacial score (nSPS) is 26.7. The van der Waals surface area contributed by atoms with Crippen molar-refractivity contribution in [3.05, 3.63) is 35.4 Å². The first-order valence-corrected chi connectivity index (χ1v) is 7.88. The number of aliphatic hydroxyl groups excluding tert-OH is 1. The Balaban J connectivity index is 1.80. The smallest absolute Gasteiger partial charge is 0.161 e. The lowest BCUT2D eigenvalue weighted by Gasteiger charge is -2.29. The van der Waals surface area contributed by atoms with Crippen molar-refractivity contribution in [2.24, 2.45) is 11.8 Å². The molecule has 0 bridgehead atoms. The Morgan fingerprint density at radius 3 is 2.71 bits per heavy atom. The van der Waals surface area contributed by atoms with Crippen LogP contribution >= 0.6 is 0 Å². The van der Waals surface area contributed by atoms with E-state index in [4.69, 9.17) is 9.47 Å². The van der Waals surface area contributed by atoms with E-state index in [0.29, 0.717) is 19.1 Å². The summed E-state index contributed by atoms with van der Waals surface area (Å²) in [7, 11) is 0. The fourth-order valence-electron chi connectivity index (χ4n) is 3.47. The Bertz CT molecular complexity index is 535. The number of hydrogen-bond acceptors (Lipinski definition) is 3. The van der Waals surface area contributed by atoms with Crippen LogP contribution in [0.1, 0.15) is 44.8 Å². The molecule has 3 heteroatoms. The Morgan fingerprint density at radius 1 is 1.19 bits per heavy atom. The predicted molar refractivity (Wildman–Crippen MR) is 82.7 cm³/mol. The molecule has 0 radical (unpaired) electrons. The molecule has 2 aliphatic rings. The van der Waals surface area contributed by atoms with Gasteiger partial charge in [0.2, 0.25) is 0 Å². The lowest BCUT2D eigenvalue weighted by molar-refractivity contribution is 0.0929. The summed E-state index contributed by atoms with van der Waals surface area (Å²) >= 11 is 0. The van der Waals surface area contributed by atoms with Crippen LogP contribution in [0, 0.1) is 11.8 Å². The molecule has 0 amide bonds. The fraction of sp³-hybridized carbons (Fsp3) is 0.556. The molecule has 114 valence electrons. The molecule has 1 aromatic carbocycles. The number of aliphatic hydroxyl groups is 1. The van der Waals surface area contributed by atoms with Crippen LogP contribution in [-0.2, 0) is 0 Å². The second-order valence-electron chi connectivity index (χ2n) is 6.39. The third kappa shape index (κ3) is 3.24. The molecule has 21 heavy (non-hydrogen) atoms. The fourth-order valence-corrected chi connectivity index (χ4v) is 3.47. The minimum atomic E-state index is -0.437. The van der Waals surface area contributed by atoms with E-state index < -0.39 is 6.10 Å². The van der Waals surface area contributed by atoms with Crippen LogP contribution in [0.3, 0.4) is 0 Å². The monoisotopic (exact) mass is 288 g/mol. The second-order valence-corrected chi connectivity index (χ2v) is 6.39. The molecule has 3 unspecified atom stereocenters. The van der Waals surface area contributed by atoms with Gasteiger partial charge in [-0.15, -0.1) is 0 Å². The van der Waals surface area contributed by atoms with Crippen molar-refractivity contribution in [2.75, 3.05) is 13.2 Å². The van der Waals surface area contributed by atoms with Gasteiger partial charge in [-0.2, -0.15) is 0 Å². The average Bonchev–Trinajstić information content (AvgIpc) is 2.69. The highest BCUT2D eigenvalue weighted by Gasteiger charge is 2.27. The van der Waals surface area contributed by atoms with E-state index in [9.17, 15) is 5.11 Å². The molecule has 1 aromatic rings. The lowest BCUT2D eigenvalue weighted by Crippen LogP contribution is -2.19. The lowest BCUT2D eigenvalue weighted by atomic mass is 9.79. The zero-order valence-electron chi connectivity index (χ0n) is 12.8. The molecule has 3 rings (SSSR count). The summed E-state index contributed by atoms with van der Waals surface area (Å²) < 4.78 is 11.4. The molecule has 1 aliphatic heterocycles. The van der Waals surface area contributed by atoms with Crippen LogP contribution < -0.4 is 9.47 Å². The second kappa shape index (κ2) is 6.10. The Kier molecular flexibility index (Phi) is 4.20. The standard InChI is InChI=1S/C18H24O3/c1-12-8-13(2)10-15(9-12)18(19)14-4-5-16-17(11-14)21-7-3-6-20-16/h4-5,8,11-12,15,18-19H,3,6-7,9-10H2,1-2H3. The van der Waals surface area contributed by atoms with Gasteiger partial charge in [-0.25, -0.2) is 0 Å². The summed E-state index contributed by atoms with van der Waals surface area (Å²) in [5.74, 6) is 2.38. The molecule has 0 aromatic heterocycles. The minimum absolute atomic E-state index is 0.287. The summed E-state index contributed by atoms with van der Waals surface area (Å²) in [5, 5.41) is 10.7. The maximum absolute atomic E-state index is 10.7. The number of benzene rings is 1. The van der Waals surface area contributed by atoms with Crippen molar-refractivity contribution >= 4 is 0 Å². The maximum atomic E-state index is 10.7. The van der Waals surface area contributed by atoms with Gasteiger partial charge in [-0.05, 0) is 49.3 Å². The Morgan fingerprint density at radius 2 is 1.95 bits per heavy atom. The van der Waals surface area contributed by atoms with Gasteiger partial charge in [-0.3, -0.25) is 0 Å². The molecule has 0 spiro atoms. The van der Waals surface area contributed by atoms with E-state index in [0.717, 1.165) is 36.3 Å². The van der Waals surface area contributed by atoms with Crippen LogP contribution in [0.5, 0.6) is 11.5 Å². The van der Waals surface area contributed by atoms with E-state index in [1.165, 1.54) is 5.57 Å². The highest BCUT2D eigenvalue weighted by Crippen LogP contribution is 2.39. The summed E-state index contributed by atoms with van der Waals surface area (Å²) in [5.41, 5.74) is 2.32. The first-order chi connectivity index (χ1) is 10.1. The topological polar surface area (TPSA) is 38.7 Å². The van der Waals surface area contributed by atoms with Crippen LogP contribution in [0.2, 0.25) is 0 Å². The molecule has 0 fully saturated rings. The highest BCUT2D eigenvalue weighted by molar-refractivity contribution is 5.44. The van der Waals surface area contributed by atoms with Crippen molar-refractivity contribution in [1.29, 1.82) is 0 Å². The van der Waals surface area contributed by atoms with E-state index in [1.807, 2.05) is 18.2 Å². The summed E-state index contributed by atoms with van der Waals surface area (Å²) in [6, 6.07) is 5.84. The average molecular weight is 288 g/mol. The van der Waals surface area contributed by atoms with E-state index >= 15 is 0 Å². The number of allylic oxidation sites excluding steroid dienone is 2. The molecule has 0 saturated heterocycles. The first-order valence-electron chi connectivity index (χ1n) is 7.88. The van der Waals surface area contributed by atoms with Crippen LogP contribution in [-0.4, -0.2) is 18.3 Å². The van der Waals surface area contributed by atoms with Gasteiger partial charge in [0.05, 0.1) is 19.3 Å². The third-order valence-corrected chi connectivity index (χ3v) is 4.39. The van der Waals surface area contributed by atoms with Crippen molar-refractivity contribution < 1.29 is 14.6 Å². The van der Waals surface area contributed by atoms with Gasteiger partial charge in [0, 0.05) is 6.42 Å². The third-order valence-electron chi connectivity index (χ3n) is 4.39. The van der Waals surface area contributed by atoms with Gasteiger partial charge in [0.15, 0.2) is 11.5 Å². The Hall–Kier alpha value is -1.48. The molecular weight excluding hydrogens is 264 g/mol. The van der Waals surface area contributed by atoms with Gasteiger partial charge in [0.25, 0.3) is 0 Å². The molecule has 0 saturated carbocycles. The summed E-state index contributed by atoms with van der Waals surface area (Å²) in [6.07, 6.45) is 4.79. The van der Waals surface area contributed by atoms with E-state index in [-0.39, 0.29) is 5.92 Å². The van der Waals surface area contributed by atoms with Crippen molar-refractivity contribution in [3.63, 3.8) is 0 Å². The molecule has 3 atom stereocenters. The van der Waals surface area contributed by atoms with E-state index in [1.54, 1.807) is 0 Å². The summed E-state index contributed by atoms with van der Waals surface area (Å²) in [6.45, 7) is 5.74. The molecule has 1 heterocycles. The van der Waals surface area contributed by atoms with Crippen LogP contribution in [0.15, 0.2) is 29.8 Å². The maximum Gasteiger partial charge on any atom is 0.161 e. The van der Waals surface area contributed by atoms with E-state index in [2.05, 4.69) is 19.9 Å².